The van der Waals surface area contributed by atoms with Crippen molar-refractivity contribution in [3.63, 3.8) is 0 Å². The van der Waals surface area contributed by atoms with Crippen molar-refractivity contribution in [1.29, 1.82) is 0 Å². The van der Waals surface area contributed by atoms with Crippen molar-refractivity contribution in [3.05, 3.63) is 29.8 Å². The van der Waals surface area contributed by atoms with Gasteiger partial charge in [0, 0.05) is 26.3 Å². The second-order valence-corrected chi connectivity index (χ2v) is 6.84. The van der Waals surface area contributed by atoms with E-state index >= 15 is 0 Å². The fourth-order valence-corrected chi connectivity index (χ4v) is 3.27. The fraction of sp³-hybridized carbons (Fsp3) is 0.600. The summed E-state index contributed by atoms with van der Waals surface area (Å²) in [5.74, 6) is 0. The Bertz CT molecular complexity index is 517. The zero-order valence-corrected chi connectivity index (χ0v) is 13.9. The molecule has 1 unspecified atom stereocenters. The molecule has 21 heavy (non-hydrogen) atoms. The van der Waals surface area contributed by atoms with Gasteiger partial charge in [-0.1, -0.05) is 19.1 Å². The fourth-order valence-electron chi connectivity index (χ4n) is 1.92. The van der Waals surface area contributed by atoms with E-state index in [0.717, 1.165) is 18.5 Å². The first-order valence-electron chi connectivity index (χ1n) is 7.30. The highest BCUT2D eigenvalue weighted by Gasteiger charge is 2.17. The number of benzene rings is 1. The number of hydrogen-bond donors (Lipinski definition) is 2. The van der Waals surface area contributed by atoms with E-state index in [0.29, 0.717) is 24.5 Å². The summed E-state index contributed by atoms with van der Waals surface area (Å²) >= 11 is 0. The Morgan fingerprint density at radius 2 is 2.10 bits per heavy atom. The summed E-state index contributed by atoms with van der Waals surface area (Å²) in [6, 6.07) is 6.88. The monoisotopic (exact) mass is 314 g/mol. The molecule has 0 aromatic heterocycles. The highest BCUT2D eigenvalue weighted by Crippen LogP contribution is 2.12. The number of methoxy groups -OCH3 is 1. The van der Waals surface area contributed by atoms with Gasteiger partial charge in [0.2, 0.25) is 10.0 Å². The third-order valence-electron chi connectivity index (χ3n) is 3.08. The van der Waals surface area contributed by atoms with Crippen molar-refractivity contribution in [2.24, 2.45) is 0 Å². The van der Waals surface area contributed by atoms with Crippen molar-refractivity contribution in [3.8, 4) is 0 Å². The van der Waals surface area contributed by atoms with E-state index in [4.69, 9.17) is 4.74 Å². The minimum absolute atomic E-state index is 0.156. The highest BCUT2D eigenvalue weighted by molar-refractivity contribution is 7.89. The van der Waals surface area contributed by atoms with E-state index < -0.39 is 10.0 Å². The van der Waals surface area contributed by atoms with Crippen LogP contribution in [0.1, 0.15) is 32.3 Å². The van der Waals surface area contributed by atoms with Crippen LogP contribution in [-0.2, 0) is 21.3 Å². The van der Waals surface area contributed by atoms with Gasteiger partial charge >= 0.3 is 0 Å². The van der Waals surface area contributed by atoms with Crippen molar-refractivity contribution in [1.82, 2.24) is 10.0 Å². The van der Waals surface area contributed by atoms with Gasteiger partial charge in [0.15, 0.2) is 0 Å². The maximum atomic E-state index is 12.3. The average molecular weight is 314 g/mol. The molecule has 0 spiro atoms. The largest absolute Gasteiger partial charge is 0.385 e. The second-order valence-electron chi connectivity index (χ2n) is 5.13. The molecule has 0 aliphatic rings. The Balaban J connectivity index is 2.71. The molecule has 6 heteroatoms. The molecule has 0 saturated carbocycles. The van der Waals surface area contributed by atoms with Gasteiger partial charge in [-0.2, -0.15) is 0 Å². The molecular formula is C15H26N2O3S. The number of ether oxygens (including phenoxy) is 1. The Kier molecular flexibility index (Phi) is 7.88. The molecule has 2 N–H and O–H groups in total. The summed E-state index contributed by atoms with van der Waals surface area (Å²) in [5.41, 5.74) is 0.968. The van der Waals surface area contributed by atoms with Crippen LogP contribution in [0.25, 0.3) is 0 Å². The first-order valence-corrected chi connectivity index (χ1v) is 8.79. The number of rotatable bonds is 10. The van der Waals surface area contributed by atoms with E-state index in [1.54, 1.807) is 25.3 Å². The first-order chi connectivity index (χ1) is 9.99. The van der Waals surface area contributed by atoms with Crippen LogP contribution in [0.15, 0.2) is 29.2 Å². The van der Waals surface area contributed by atoms with Gasteiger partial charge in [-0.25, -0.2) is 13.1 Å². The van der Waals surface area contributed by atoms with Gasteiger partial charge < -0.3 is 10.1 Å². The molecule has 120 valence electrons. The van der Waals surface area contributed by atoms with E-state index in [1.165, 1.54) is 0 Å². The Morgan fingerprint density at radius 1 is 1.33 bits per heavy atom. The molecule has 0 aliphatic carbocycles. The van der Waals surface area contributed by atoms with Crippen LogP contribution in [0.2, 0.25) is 0 Å². The zero-order chi connectivity index (χ0) is 15.7. The van der Waals surface area contributed by atoms with E-state index in [2.05, 4.69) is 17.0 Å². The Hall–Kier alpha value is -0.950. The molecule has 1 atom stereocenters. The molecule has 0 radical (unpaired) electrons. The zero-order valence-electron chi connectivity index (χ0n) is 13.1. The van der Waals surface area contributed by atoms with Crippen molar-refractivity contribution < 1.29 is 13.2 Å². The molecule has 0 bridgehead atoms. The third kappa shape index (κ3) is 6.56. The summed E-state index contributed by atoms with van der Waals surface area (Å²) in [5, 5.41) is 3.27. The van der Waals surface area contributed by atoms with Gasteiger partial charge in [0.05, 0.1) is 4.90 Å². The SMILES string of the molecule is CCCNCc1cccc(S(=O)(=O)NC(C)CCOC)c1. The first kappa shape index (κ1) is 18.1. The lowest BCUT2D eigenvalue weighted by molar-refractivity contribution is 0.188. The third-order valence-corrected chi connectivity index (χ3v) is 4.66. The average Bonchev–Trinajstić information content (AvgIpc) is 2.45. The number of sulfonamides is 1. The number of nitrogens with one attached hydrogen (secondary N) is 2. The molecular weight excluding hydrogens is 288 g/mol. The lowest BCUT2D eigenvalue weighted by atomic mass is 10.2. The maximum Gasteiger partial charge on any atom is 0.240 e. The van der Waals surface area contributed by atoms with Crippen molar-refractivity contribution in [2.45, 2.75) is 44.2 Å². The summed E-state index contributed by atoms with van der Waals surface area (Å²) in [4.78, 5) is 0.308. The second kappa shape index (κ2) is 9.15. The van der Waals surface area contributed by atoms with E-state index in [1.807, 2.05) is 13.0 Å². The minimum atomic E-state index is -3.48. The summed E-state index contributed by atoms with van der Waals surface area (Å²) < 4.78 is 32.3. The van der Waals surface area contributed by atoms with Crippen LogP contribution in [0.4, 0.5) is 0 Å². The predicted octanol–water partition coefficient (Wildman–Crippen LogP) is 1.89. The van der Waals surface area contributed by atoms with Crippen LogP contribution in [-0.4, -0.2) is 34.7 Å². The van der Waals surface area contributed by atoms with Crippen LogP contribution in [0, 0.1) is 0 Å². The molecule has 0 amide bonds. The standard InChI is InChI=1S/C15H26N2O3S/c1-4-9-16-12-14-6-5-7-15(11-14)21(18,19)17-13(2)8-10-20-3/h5-7,11,13,16-17H,4,8-10,12H2,1-3H3. The Labute approximate surface area is 128 Å². The van der Waals surface area contributed by atoms with Crippen LogP contribution in [0.5, 0.6) is 0 Å². The Morgan fingerprint density at radius 3 is 2.76 bits per heavy atom. The maximum absolute atomic E-state index is 12.3. The summed E-state index contributed by atoms with van der Waals surface area (Å²) in [6.07, 6.45) is 1.70. The minimum Gasteiger partial charge on any atom is -0.385 e. The van der Waals surface area contributed by atoms with Crippen molar-refractivity contribution in [2.75, 3.05) is 20.3 Å². The predicted molar refractivity (Wildman–Crippen MR) is 84.7 cm³/mol. The quantitative estimate of drug-likeness (QED) is 0.647. The smallest absolute Gasteiger partial charge is 0.240 e. The molecule has 1 aromatic rings. The van der Waals surface area contributed by atoms with Gasteiger partial charge in [0.25, 0.3) is 0 Å². The van der Waals surface area contributed by atoms with Gasteiger partial charge in [0.1, 0.15) is 0 Å². The molecule has 1 aromatic carbocycles. The molecule has 0 heterocycles. The molecule has 0 fully saturated rings. The van der Waals surface area contributed by atoms with Crippen molar-refractivity contribution >= 4 is 10.0 Å². The van der Waals surface area contributed by atoms with Gasteiger partial charge in [-0.05, 0) is 44.0 Å². The van der Waals surface area contributed by atoms with Gasteiger partial charge in [-0.15, -0.1) is 0 Å². The topological polar surface area (TPSA) is 67.4 Å². The van der Waals surface area contributed by atoms with E-state index in [-0.39, 0.29) is 6.04 Å². The molecule has 0 saturated heterocycles. The molecule has 0 aliphatic heterocycles. The van der Waals surface area contributed by atoms with E-state index in [9.17, 15) is 8.42 Å². The summed E-state index contributed by atoms with van der Waals surface area (Å²) in [7, 11) is -1.87. The highest BCUT2D eigenvalue weighted by atomic mass is 32.2. The molecule has 1 rings (SSSR count). The molecule has 5 nitrogen and oxygen atoms in total. The summed E-state index contributed by atoms with van der Waals surface area (Å²) in [6.45, 7) is 6.06. The van der Waals surface area contributed by atoms with Crippen LogP contribution in [0.3, 0.4) is 0 Å². The number of hydrogen-bond acceptors (Lipinski definition) is 4. The van der Waals surface area contributed by atoms with Gasteiger partial charge in [-0.3, -0.25) is 0 Å². The lowest BCUT2D eigenvalue weighted by Crippen LogP contribution is -2.33. The van der Waals surface area contributed by atoms with Crippen LogP contribution < -0.4 is 10.0 Å². The lowest BCUT2D eigenvalue weighted by Gasteiger charge is -2.14. The normalized spacial score (nSPS) is 13.3. The van der Waals surface area contributed by atoms with Crippen LogP contribution >= 0.6 is 0 Å².